The van der Waals surface area contributed by atoms with Crippen LogP contribution < -0.4 is 0 Å². The van der Waals surface area contributed by atoms with E-state index in [-0.39, 0.29) is 0 Å². The fraction of sp³-hybridized carbons (Fsp3) is 0. The molecule has 0 saturated heterocycles. The Hall–Kier alpha value is -2.30. The SMILES string of the molecule is O=Cc1ccccc1-c1ccc(Cl)cc1.O=Cc1cscn1. The van der Waals surface area contributed by atoms with Gasteiger partial charge in [0.2, 0.25) is 0 Å². The lowest BCUT2D eigenvalue weighted by Gasteiger charge is -2.04. The first-order valence-electron chi connectivity index (χ1n) is 6.38. The van der Waals surface area contributed by atoms with Crippen LogP contribution in [0.15, 0.2) is 59.4 Å². The number of carbonyl (C=O) groups is 2. The zero-order valence-corrected chi connectivity index (χ0v) is 13.1. The van der Waals surface area contributed by atoms with Crippen molar-refractivity contribution in [3.8, 4) is 11.1 Å². The van der Waals surface area contributed by atoms with E-state index in [1.807, 2.05) is 42.5 Å². The van der Waals surface area contributed by atoms with E-state index in [0.717, 1.165) is 23.7 Å². The fourth-order valence-corrected chi connectivity index (χ4v) is 2.40. The van der Waals surface area contributed by atoms with Crippen molar-refractivity contribution in [2.45, 2.75) is 0 Å². The quantitative estimate of drug-likeness (QED) is 0.650. The summed E-state index contributed by atoms with van der Waals surface area (Å²) >= 11 is 7.23. The number of benzene rings is 2. The third-order valence-corrected chi connectivity index (χ3v) is 3.67. The molecule has 0 radical (unpaired) electrons. The number of nitrogens with zero attached hydrogens (tertiary/aromatic N) is 1. The number of hydrogen-bond acceptors (Lipinski definition) is 4. The number of rotatable bonds is 3. The molecule has 0 bridgehead atoms. The lowest BCUT2D eigenvalue weighted by Crippen LogP contribution is -1.86. The van der Waals surface area contributed by atoms with Crippen LogP contribution in [-0.4, -0.2) is 17.6 Å². The molecule has 0 unspecified atom stereocenters. The molecule has 0 N–H and O–H groups in total. The molecule has 0 aliphatic carbocycles. The summed E-state index contributed by atoms with van der Waals surface area (Å²) in [7, 11) is 0. The predicted molar refractivity (Wildman–Crippen MR) is 89.8 cm³/mol. The van der Waals surface area contributed by atoms with E-state index >= 15 is 0 Å². The van der Waals surface area contributed by atoms with Gasteiger partial charge in [0.25, 0.3) is 0 Å². The summed E-state index contributed by atoms with van der Waals surface area (Å²) in [6.45, 7) is 0. The van der Waals surface area contributed by atoms with E-state index in [1.54, 1.807) is 17.0 Å². The van der Waals surface area contributed by atoms with E-state index < -0.39 is 0 Å². The average Bonchev–Trinajstić information content (AvgIpc) is 3.10. The number of thiazole rings is 1. The van der Waals surface area contributed by atoms with Gasteiger partial charge in [-0.25, -0.2) is 4.98 Å². The highest BCUT2D eigenvalue weighted by Crippen LogP contribution is 2.23. The molecule has 0 aliphatic heterocycles. The van der Waals surface area contributed by atoms with Crippen molar-refractivity contribution >= 4 is 35.5 Å². The van der Waals surface area contributed by atoms with Crippen LogP contribution in [0, 0.1) is 0 Å². The third-order valence-electron chi connectivity index (χ3n) is 2.82. The van der Waals surface area contributed by atoms with Crippen LogP contribution in [0.5, 0.6) is 0 Å². The molecule has 110 valence electrons. The van der Waals surface area contributed by atoms with E-state index in [4.69, 9.17) is 11.6 Å². The monoisotopic (exact) mass is 329 g/mol. The summed E-state index contributed by atoms with van der Waals surface area (Å²) in [6, 6.07) is 14.9. The highest BCUT2D eigenvalue weighted by Gasteiger charge is 2.02. The molecule has 0 aliphatic rings. The highest BCUT2D eigenvalue weighted by atomic mass is 35.5. The molecule has 0 fully saturated rings. The van der Waals surface area contributed by atoms with Gasteiger partial charge in [0.15, 0.2) is 12.6 Å². The Morgan fingerprint density at radius 2 is 1.68 bits per heavy atom. The smallest absolute Gasteiger partial charge is 0.169 e. The molecule has 22 heavy (non-hydrogen) atoms. The molecule has 0 atom stereocenters. The maximum absolute atomic E-state index is 10.8. The zero-order valence-electron chi connectivity index (χ0n) is 11.5. The van der Waals surface area contributed by atoms with Crippen molar-refractivity contribution in [3.05, 3.63) is 75.7 Å². The standard InChI is InChI=1S/C13H9ClO.C4H3NOS/c14-12-7-5-10(6-8-12)13-4-2-1-3-11(13)9-15;6-1-4-2-7-3-5-4/h1-9H;1-3H. The highest BCUT2D eigenvalue weighted by molar-refractivity contribution is 7.07. The van der Waals surface area contributed by atoms with Crippen molar-refractivity contribution < 1.29 is 9.59 Å². The first-order valence-corrected chi connectivity index (χ1v) is 7.70. The molecule has 3 aromatic rings. The summed E-state index contributed by atoms with van der Waals surface area (Å²) in [5.41, 5.74) is 4.78. The normalized spacial score (nSPS) is 9.50. The Morgan fingerprint density at radius 1 is 0.955 bits per heavy atom. The molecule has 0 saturated carbocycles. The number of aromatic nitrogens is 1. The zero-order chi connectivity index (χ0) is 15.8. The fourth-order valence-electron chi connectivity index (χ4n) is 1.77. The number of carbonyl (C=O) groups excluding carboxylic acids is 2. The van der Waals surface area contributed by atoms with Gasteiger partial charge < -0.3 is 0 Å². The minimum Gasteiger partial charge on any atom is -0.298 e. The number of halogens is 1. The van der Waals surface area contributed by atoms with Gasteiger partial charge in [-0.1, -0.05) is 48.0 Å². The van der Waals surface area contributed by atoms with Crippen LogP contribution >= 0.6 is 22.9 Å². The topological polar surface area (TPSA) is 47.0 Å². The minimum absolute atomic E-state index is 0.519. The lowest BCUT2D eigenvalue weighted by molar-refractivity contribution is 0.111. The van der Waals surface area contributed by atoms with Crippen molar-refractivity contribution in [2.24, 2.45) is 0 Å². The Bertz CT molecular complexity index is 740. The summed E-state index contributed by atoms with van der Waals surface area (Å²) in [5, 5.41) is 2.40. The van der Waals surface area contributed by atoms with Gasteiger partial charge >= 0.3 is 0 Å². The van der Waals surface area contributed by atoms with Gasteiger partial charge in [-0.15, -0.1) is 11.3 Å². The van der Waals surface area contributed by atoms with Crippen molar-refractivity contribution in [1.82, 2.24) is 4.98 Å². The Balaban J connectivity index is 0.000000211. The van der Waals surface area contributed by atoms with Gasteiger partial charge in [-0.2, -0.15) is 0 Å². The third kappa shape index (κ3) is 4.35. The maximum Gasteiger partial charge on any atom is 0.169 e. The summed E-state index contributed by atoms with van der Waals surface area (Å²) in [5.74, 6) is 0. The average molecular weight is 330 g/mol. The summed E-state index contributed by atoms with van der Waals surface area (Å²) in [6.07, 6.45) is 1.60. The number of aldehydes is 2. The van der Waals surface area contributed by atoms with Crippen LogP contribution in [0.4, 0.5) is 0 Å². The first-order chi connectivity index (χ1) is 10.7. The van der Waals surface area contributed by atoms with Crippen LogP contribution in [0.25, 0.3) is 11.1 Å². The van der Waals surface area contributed by atoms with Crippen LogP contribution in [-0.2, 0) is 0 Å². The van der Waals surface area contributed by atoms with Crippen LogP contribution in [0.3, 0.4) is 0 Å². The van der Waals surface area contributed by atoms with Gasteiger partial charge in [0, 0.05) is 16.0 Å². The van der Waals surface area contributed by atoms with E-state index in [1.165, 1.54) is 11.3 Å². The molecule has 1 aromatic heterocycles. The number of hydrogen-bond donors (Lipinski definition) is 0. The van der Waals surface area contributed by atoms with Crippen LogP contribution in [0.2, 0.25) is 5.02 Å². The predicted octanol–water partition coefficient (Wildman–Crippen LogP) is 4.78. The molecular weight excluding hydrogens is 318 g/mol. The Kier molecular flexibility index (Phi) is 6.01. The first kappa shape index (κ1) is 16.1. The second-order valence-corrected chi connectivity index (χ2v) is 5.40. The van der Waals surface area contributed by atoms with Crippen molar-refractivity contribution in [2.75, 3.05) is 0 Å². The van der Waals surface area contributed by atoms with Gasteiger partial charge in [-0.05, 0) is 23.3 Å². The molecule has 3 nitrogen and oxygen atoms in total. The van der Waals surface area contributed by atoms with E-state index in [2.05, 4.69) is 4.98 Å². The molecule has 0 amide bonds. The Morgan fingerprint density at radius 3 is 2.23 bits per heavy atom. The molecule has 0 spiro atoms. The second-order valence-electron chi connectivity index (χ2n) is 4.24. The van der Waals surface area contributed by atoms with Gasteiger partial charge in [0.05, 0.1) is 5.51 Å². The summed E-state index contributed by atoms with van der Waals surface area (Å²) < 4.78 is 0. The minimum atomic E-state index is 0.519. The van der Waals surface area contributed by atoms with E-state index in [9.17, 15) is 9.59 Å². The molecule has 1 heterocycles. The molecule has 3 rings (SSSR count). The molecular formula is C17H12ClNO2S. The van der Waals surface area contributed by atoms with Crippen LogP contribution in [0.1, 0.15) is 20.8 Å². The van der Waals surface area contributed by atoms with Gasteiger partial charge in [0.1, 0.15) is 5.69 Å². The van der Waals surface area contributed by atoms with Gasteiger partial charge in [-0.3, -0.25) is 9.59 Å². The van der Waals surface area contributed by atoms with Crippen molar-refractivity contribution in [3.63, 3.8) is 0 Å². The maximum atomic E-state index is 10.8. The largest absolute Gasteiger partial charge is 0.298 e. The van der Waals surface area contributed by atoms with E-state index in [0.29, 0.717) is 16.3 Å². The molecule has 5 heteroatoms. The Labute approximate surface area is 137 Å². The summed E-state index contributed by atoms with van der Waals surface area (Å²) in [4.78, 5) is 24.3. The van der Waals surface area contributed by atoms with Crippen molar-refractivity contribution in [1.29, 1.82) is 0 Å². The lowest BCUT2D eigenvalue weighted by atomic mass is 10.0. The second kappa shape index (κ2) is 8.22. The molecule has 2 aromatic carbocycles.